The number of allylic oxidation sites excluding steroid dienone is 30. The van der Waals surface area contributed by atoms with E-state index in [-0.39, 0.29) is 38.0 Å². The summed E-state index contributed by atoms with van der Waals surface area (Å²) in [5.41, 5.74) is 0. The topological polar surface area (TPSA) is 78.9 Å². The van der Waals surface area contributed by atoms with Gasteiger partial charge < -0.3 is 14.2 Å². The molecule has 6 nitrogen and oxygen atoms in total. The van der Waals surface area contributed by atoms with Gasteiger partial charge in [-0.05, 0) is 122 Å². The van der Waals surface area contributed by atoms with Gasteiger partial charge in [0.15, 0.2) is 6.10 Å². The standard InChI is InChI=1S/C65H96O6/c1-4-7-10-13-15-17-19-21-23-25-27-28-29-30-31-32-33-34-35-36-38-39-41-43-45-47-49-52-55-58-64(67)70-61-62(60-69-63(66)57-54-51-12-9-6-3)71-65(68)59-56-53-50-48-46-44-42-40-37-26-24-22-20-18-16-14-11-8-5-2/h7-8,10-11,15-18,21-24,27-28,30-31,33-34,36-38,40-41,43-44,46-47,49-50,53,62H,4-6,9,12-14,19-20,25-26,29,32,35,39,42,45,48,51-52,54-61H2,1-3H3/b10-7-,11-8-,17-15-,18-16-,23-21-,24-22-,28-27-,31-30-,34-33-,38-36-,40-37-,43-41-,46-44-,49-47-,53-50-. The van der Waals surface area contributed by atoms with Crippen molar-refractivity contribution in [1.29, 1.82) is 0 Å². The molecule has 0 aromatic heterocycles. The van der Waals surface area contributed by atoms with Crippen LogP contribution in [0.2, 0.25) is 0 Å². The lowest BCUT2D eigenvalue weighted by molar-refractivity contribution is -0.166. The fourth-order valence-electron chi connectivity index (χ4n) is 6.41. The highest BCUT2D eigenvalue weighted by molar-refractivity contribution is 5.71. The van der Waals surface area contributed by atoms with Crippen molar-refractivity contribution >= 4 is 17.9 Å². The van der Waals surface area contributed by atoms with Crippen LogP contribution in [-0.4, -0.2) is 37.2 Å². The van der Waals surface area contributed by atoms with Crippen molar-refractivity contribution in [2.24, 2.45) is 0 Å². The highest BCUT2D eigenvalue weighted by atomic mass is 16.6. The van der Waals surface area contributed by atoms with Gasteiger partial charge in [0.1, 0.15) is 13.2 Å². The van der Waals surface area contributed by atoms with Gasteiger partial charge in [-0.15, -0.1) is 0 Å². The molecule has 0 aromatic rings. The van der Waals surface area contributed by atoms with Crippen molar-refractivity contribution in [2.45, 2.75) is 194 Å². The summed E-state index contributed by atoms with van der Waals surface area (Å²) in [5, 5.41) is 0. The molecule has 0 aromatic carbocycles. The molecule has 0 aliphatic rings. The van der Waals surface area contributed by atoms with Gasteiger partial charge in [0.05, 0.1) is 0 Å². The second kappa shape index (κ2) is 57.1. The van der Waals surface area contributed by atoms with E-state index in [0.717, 1.165) is 135 Å². The van der Waals surface area contributed by atoms with Crippen LogP contribution in [0.3, 0.4) is 0 Å². The molecule has 0 saturated carbocycles. The van der Waals surface area contributed by atoms with E-state index in [0.29, 0.717) is 19.3 Å². The highest BCUT2D eigenvalue weighted by Crippen LogP contribution is 2.09. The Labute approximate surface area is 434 Å². The molecule has 0 spiro atoms. The van der Waals surface area contributed by atoms with Crippen LogP contribution in [0.15, 0.2) is 182 Å². The maximum absolute atomic E-state index is 12.7. The molecule has 1 atom stereocenters. The first-order chi connectivity index (χ1) is 35.0. The first-order valence-electron chi connectivity index (χ1n) is 27.3. The molecule has 0 aliphatic heterocycles. The zero-order valence-corrected chi connectivity index (χ0v) is 44.6. The van der Waals surface area contributed by atoms with Crippen molar-refractivity contribution in [3.8, 4) is 0 Å². The summed E-state index contributed by atoms with van der Waals surface area (Å²) in [6.45, 7) is 6.17. The average Bonchev–Trinajstić information content (AvgIpc) is 3.37. The Balaban J connectivity index is 4.38. The fraction of sp³-hybridized carbons (Fsp3) is 0.492. The third kappa shape index (κ3) is 55.3. The van der Waals surface area contributed by atoms with E-state index < -0.39 is 12.1 Å². The van der Waals surface area contributed by atoms with Gasteiger partial charge in [0.2, 0.25) is 0 Å². The van der Waals surface area contributed by atoms with Gasteiger partial charge in [-0.1, -0.05) is 229 Å². The number of rotatable bonds is 46. The molecule has 71 heavy (non-hydrogen) atoms. The minimum absolute atomic E-state index is 0.137. The van der Waals surface area contributed by atoms with Crippen LogP contribution in [0.5, 0.6) is 0 Å². The summed E-state index contributed by atoms with van der Waals surface area (Å²) in [6, 6.07) is 0. The van der Waals surface area contributed by atoms with Gasteiger partial charge in [0.25, 0.3) is 0 Å². The van der Waals surface area contributed by atoms with Gasteiger partial charge in [-0.2, -0.15) is 0 Å². The Hall–Kier alpha value is -5.49. The van der Waals surface area contributed by atoms with E-state index in [1.54, 1.807) is 0 Å². The van der Waals surface area contributed by atoms with Gasteiger partial charge >= 0.3 is 17.9 Å². The summed E-state index contributed by atoms with van der Waals surface area (Å²) in [4.78, 5) is 37.7. The van der Waals surface area contributed by atoms with Crippen LogP contribution in [0.25, 0.3) is 0 Å². The predicted molar refractivity (Wildman–Crippen MR) is 306 cm³/mol. The van der Waals surface area contributed by atoms with Crippen LogP contribution in [0.4, 0.5) is 0 Å². The SMILES string of the molecule is CC/C=C\C/C=C\C/C=C\C/C=C\C/C=C\C/C=C\C/C=C\C/C=C\C/C=C\CCCC(=O)OCC(COC(=O)CCCCCCC)OC(=O)CC/C=C\C/C=C\C/C=C\C/C=C\C/C=C\C/C=C\CC. The number of carbonyl (C=O) groups is 3. The normalized spacial score (nSPS) is 13.6. The van der Waals surface area contributed by atoms with E-state index in [4.69, 9.17) is 14.2 Å². The Bertz CT molecular complexity index is 1730. The predicted octanol–water partition coefficient (Wildman–Crippen LogP) is 18.5. The molecule has 0 N–H and O–H groups in total. The molecule has 0 radical (unpaired) electrons. The minimum Gasteiger partial charge on any atom is -0.462 e. The lowest BCUT2D eigenvalue weighted by Gasteiger charge is -2.18. The number of hydrogen-bond acceptors (Lipinski definition) is 6. The summed E-state index contributed by atoms with van der Waals surface area (Å²) in [6.07, 6.45) is 86.6. The Kier molecular flexibility index (Phi) is 52.7. The summed E-state index contributed by atoms with van der Waals surface area (Å²) >= 11 is 0. The molecule has 6 heteroatoms. The number of carbonyl (C=O) groups excluding carboxylic acids is 3. The van der Waals surface area contributed by atoms with Crippen molar-refractivity contribution in [3.63, 3.8) is 0 Å². The molecule has 0 saturated heterocycles. The van der Waals surface area contributed by atoms with E-state index in [1.807, 2.05) is 12.2 Å². The minimum atomic E-state index is -0.848. The number of unbranched alkanes of at least 4 members (excludes halogenated alkanes) is 5. The van der Waals surface area contributed by atoms with Gasteiger partial charge in [-0.3, -0.25) is 14.4 Å². The highest BCUT2D eigenvalue weighted by Gasteiger charge is 2.19. The second-order valence-corrected chi connectivity index (χ2v) is 17.0. The molecule has 0 aliphatic carbocycles. The van der Waals surface area contributed by atoms with E-state index >= 15 is 0 Å². The van der Waals surface area contributed by atoms with Crippen LogP contribution in [0.1, 0.15) is 188 Å². The molecule has 0 amide bonds. The molecule has 0 fully saturated rings. The number of ether oxygens (including phenoxy) is 3. The third-order valence-electron chi connectivity index (χ3n) is 10.4. The summed E-state index contributed by atoms with van der Waals surface area (Å²) < 4.78 is 16.5. The van der Waals surface area contributed by atoms with Gasteiger partial charge in [0, 0.05) is 19.3 Å². The molecule has 392 valence electrons. The quantitative estimate of drug-likeness (QED) is 0.0262. The first kappa shape index (κ1) is 65.5. The van der Waals surface area contributed by atoms with Crippen LogP contribution in [0, 0.1) is 0 Å². The molecule has 0 bridgehead atoms. The molecule has 0 heterocycles. The lowest BCUT2D eigenvalue weighted by Crippen LogP contribution is -2.30. The monoisotopic (exact) mass is 973 g/mol. The summed E-state index contributed by atoms with van der Waals surface area (Å²) in [7, 11) is 0. The van der Waals surface area contributed by atoms with E-state index in [1.165, 1.54) is 0 Å². The fourth-order valence-corrected chi connectivity index (χ4v) is 6.41. The maximum Gasteiger partial charge on any atom is 0.306 e. The second-order valence-electron chi connectivity index (χ2n) is 17.0. The first-order valence-corrected chi connectivity index (χ1v) is 27.3. The smallest absolute Gasteiger partial charge is 0.306 e. The zero-order chi connectivity index (χ0) is 51.4. The van der Waals surface area contributed by atoms with Gasteiger partial charge in [-0.25, -0.2) is 0 Å². The maximum atomic E-state index is 12.7. The van der Waals surface area contributed by atoms with Crippen molar-refractivity contribution < 1.29 is 28.6 Å². The summed E-state index contributed by atoms with van der Waals surface area (Å²) in [5.74, 6) is -1.12. The number of hydrogen-bond donors (Lipinski definition) is 0. The molecule has 0 rings (SSSR count). The van der Waals surface area contributed by atoms with Crippen molar-refractivity contribution in [1.82, 2.24) is 0 Å². The molecule has 1 unspecified atom stereocenters. The van der Waals surface area contributed by atoms with E-state index in [9.17, 15) is 14.4 Å². The van der Waals surface area contributed by atoms with Crippen molar-refractivity contribution in [2.75, 3.05) is 13.2 Å². The van der Waals surface area contributed by atoms with Crippen LogP contribution < -0.4 is 0 Å². The largest absolute Gasteiger partial charge is 0.462 e. The molecular formula is C65H96O6. The van der Waals surface area contributed by atoms with Crippen LogP contribution >= 0.6 is 0 Å². The van der Waals surface area contributed by atoms with E-state index in [2.05, 4.69) is 191 Å². The van der Waals surface area contributed by atoms with Crippen LogP contribution in [-0.2, 0) is 28.6 Å². The Morgan fingerprint density at radius 1 is 0.296 bits per heavy atom. The third-order valence-corrected chi connectivity index (χ3v) is 10.4. The number of esters is 3. The zero-order valence-electron chi connectivity index (χ0n) is 44.6. The average molecular weight is 973 g/mol. The molecular weight excluding hydrogens is 877 g/mol. The lowest BCUT2D eigenvalue weighted by atomic mass is 10.1. The Morgan fingerprint density at radius 3 is 0.901 bits per heavy atom. The Morgan fingerprint density at radius 2 is 0.577 bits per heavy atom. The van der Waals surface area contributed by atoms with Crippen molar-refractivity contribution in [3.05, 3.63) is 182 Å².